The number of hydrogen-bond acceptors (Lipinski definition) is 5. The maximum absolute atomic E-state index is 12.3. The third kappa shape index (κ3) is 4.14. The van der Waals surface area contributed by atoms with Gasteiger partial charge in [0.2, 0.25) is 5.89 Å². The van der Waals surface area contributed by atoms with Crippen LogP contribution in [0.15, 0.2) is 16.7 Å². The molecule has 0 fully saturated rings. The number of amides is 1. The van der Waals surface area contributed by atoms with Crippen molar-refractivity contribution < 1.29 is 9.32 Å². The molecule has 6 heteroatoms. The number of rotatable bonds is 6. The van der Waals surface area contributed by atoms with Crippen molar-refractivity contribution in [3.8, 4) is 0 Å². The Labute approximate surface area is 129 Å². The molecule has 0 aromatic carbocycles. The molecule has 0 aliphatic rings. The molecule has 0 aliphatic carbocycles. The summed E-state index contributed by atoms with van der Waals surface area (Å²) in [5.74, 6) is 1.65. The van der Waals surface area contributed by atoms with Crippen LogP contribution >= 0.6 is 11.3 Å². The van der Waals surface area contributed by atoms with E-state index in [2.05, 4.69) is 30.9 Å². The van der Waals surface area contributed by atoms with E-state index in [9.17, 15) is 4.79 Å². The van der Waals surface area contributed by atoms with E-state index in [4.69, 9.17) is 4.52 Å². The fourth-order valence-corrected chi connectivity index (χ4v) is 2.89. The number of thiophene rings is 1. The van der Waals surface area contributed by atoms with Gasteiger partial charge in [-0.25, -0.2) is 0 Å². The molecule has 0 aliphatic heterocycles. The van der Waals surface area contributed by atoms with Gasteiger partial charge in [-0.2, -0.15) is 4.98 Å². The molecule has 0 bridgehead atoms. The molecule has 0 N–H and O–H groups in total. The van der Waals surface area contributed by atoms with Crippen LogP contribution in [0, 0.1) is 5.92 Å². The van der Waals surface area contributed by atoms with Crippen molar-refractivity contribution in [3.63, 3.8) is 0 Å². The molecule has 0 unspecified atom stereocenters. The number of aromatic nitrogens is 2. The standard InChI is InChI=1S/C15H21N3O2S/c1-5-11-6-7-12(21-11)15(19)18(4)9-14-16-13(17-20-14)8-10(2)3/h6-7,10H,5,8-9H2,1-4H3. The van der Waals surface area contributed by atoms with Crippen LogP contribution in [0.3, 0.4) is 0 Å². The third-order valence-electron chi connectivity index (χ3n) is 3.04. The van der Waals surface area contributed by atoms with E-state index >= 15 is 0 Å². The van der Waals surface area contributed by atoms with Gasteiger partial charge < -0.3 is 9.42 Å². The van der Waals surface area contributed by atoms with Crippen LogP contribution in [-0.4, -0.2) is 28.0 Å². The summed E-state index contributed by atoms with van der Waals surface area (Å²) in [6.45, 7) is 6.63. The minimum absolute atomic E-state index is 0.0108. The highest BCUT2D eigenvalue weighted by Crippen LogP contribution is 2.19. The number of carbonyl (C=O) groups is 1. The van der Waals surface area contributed by atoms with Gasteiger partial charge in [0, 0.05) is 18.3 Å². The van der Waals surface area contributed by atoms with Gasteiger partial charge in [0.1, 0.15) is 6.54 Å². The van der Waals surface area contributed by atoms with Crippen molar-refractivity contribution in [1.29, 1.82) is 0 Å². The lowest BCUT2D eigenvalue weighted by atomic mass is 10.1. The van der Waals surface area contributed by atoms with Gasteiger partial charge in [0.25, 0.3) is 5.91 Å². The van der Waals surface area contributed by atoms with E-state index in [-0.39, 0.29) is 5.91 Å². The average molecular weight is 307 g/mol. The summed E-state index contributed by atoms with van der Waals surface area (Å²) < 4.78 is 5.20. The smallest absolute Gasteiger partial charge is 0.264 e. The normalized spacial score (nSPS) is 11.1. The van der Waals surface area contributed by atoms with Gasteiger partial charge in [0.15, 0.2) is 5.82 Å². The Bertz CT molecular complexity index is 604. The van der Waals surface area contributed by atoms with E-state index in [0.29, 0.717) is 24.2 Å². The molecule has 0 atom stereocenters. The molecule has 5 nitrogen and oxygen atoms in total. The quantitative estimate of drug-likeness (QED) is 0.822. The summed E-state index contributed by atoms with van der Waals surface area (Å²) in [6, 6.07) is 3.87. The second kappa shape index (κ2) is 6.85. The maximum Gasteiger partial charge on any atom is 0.264 e. The zero-order valence-electron chi connectivity index (χ0n) is 12.9. The Morgan fingerprint density at radius 3 is 2.81 bits per heavy atom. The van der Waals surface area contributed by atoms with Crippen LogP contribution in [0.25, 0.3) is 0 Å². The maximum atomic E-state index is 12.3. The molecule has 2 heterocycles. The zero-order valence-corrected chi connectivity index (χ0v) is 13.7. The number of nitrogens with zero attached hydrogens (tertiary/aromatic N) is 3. The minimum atomic E-state index is -0.0108. The molecular weight excluding hydrogens is 286 g/mol. The van der Waals surface area contributed by atoms with Crippen molar-refractivity contribution in [2.75, 3.05) is 7.05 Å². The highest BCUT2D eigenvalue weighted by atomic mass is 32.1. The fourth-order valence-electron chi connectivity index (χ4n) is 1.95. The van der Waals surface area contributed by atoms with Crippen molar-refractivity contribution in [3.05, 3.63) is 33.6 Å². The molecular formula is C15H21N3O2S. The molecule has 0 saturated carbocycles. The first kappa shape index (κ1) is 15.7. The molecule has 21 heavy (non-hydrogen) atoms. The van der Waals surface area contributed by atoms with Crippen molar-refractivity contribution in [2.45, 2.75) is 40.2 Å². The third-order valence-corrected chi connectivity index (χ3v) is 4.26. The Morgan fingerprint density at radius 2 is 2.19 bits per heavy atom. The number of carbonyl (C=O) groups excluding carboxylic acids is 1. The minimum Gasteiger partial charge on any atom is -0.337 e. The monoisotopic (exact) mass is 307 g/mol. The predicted molar refractivity (Wildman–Crippen MR) is 82.3 cm³/mol. The van der Waals surface area contributed by atoms with Gasteiger partial charge >= 0.3 is 0 Å². The summed E-state index contributed by atoms with van der Waals surface area (Å²) >= 11 is 1.54. The summed E-state index contributed by atoms with van der Waals surface area (Å²) in [5.41, 5.74) is 0. The molecule has 2 aromatic heterocycles. The van der Waals surface area contributed by atoms with Gasteiger partial charge in [-0.3, -0.25) is 4.79 Å². The molecule has 1 amide bonds. The topological polar surface area (TPSA) is 59.2 Å². The first-order chi connectivity index (χ1) is 9.99. The summed E-state index contributed by atoms with van der Waals surface area (Å²) in [7, 11) is 1.75. The molecule has 0 spiro atoms. The lowest BCUT2D eigenvalue weighted by Gasteiger charge is -2.13. The van der Waals surface area contributed by atoms with Crippen LogP contribution in [0.2, 0.25) is 0 Å². The lowest BCUT2D eigenvalue weighted by Crippen LogP contribution is -2.25. The lowest BCUT2D eigenvalue weighted by molar-refractivity contribution is 0.0774. The fraction of sp³-hybridized carbons (Fsp3) is 0.533. The summed E-state index contributed by atoms with van der Waals surface area (Å²) in [5, 5.41) is 3.94. The molecule has 0 radical (unpaired) electrons. The van der Waals surface area contributed by atoms with E-state index in [1.165, 1.54) is 16.2 Å². The Hall–Kier alpha value is -1.69. The van der Waals surface area contributed by atoms with Crippen LogP contribution in [0.1, 0.15) is 47.0 Å². The van der Waals surface area contributed by atoms with Gasteiger partial charge in [-0.15, -0.1) is 11.3 Å². The highest BCUT2D eigenvalue weighted by molar-refractivity contribution is 7.14. The zero-order chi connectivity index (χ0) is 15.4. The average Bonchev–Trinajstić information content (AvgIpc) is 3.06. The summed E-state index contributed by atoms with van der Waals surface area (Å²) in [4.78, 5) is 20.2. The molecule has 114 valence electrons. The Balaban J connectivity index is 1.98. The van der Waals surface area contributed by atoms with Gasteiger partial charge in [0.05, 0.1) is 4.88 Å². The number of hydrogen-bond donors (Lipinski definition) is 0. The van der Waals surface area contributed by atoms with Crippen molar-refractivity contribution in [1.82, 2.24) is 15.0 Å². The van der Waals surface area contributed by atoms with Crippen molar-refractivity contribution >= 4 is 17.2 Å². The van der Waals surface area contributed by atoms with Crippen molar-refractivity contribution in [2.24, 2.45) is 5.92 Å². The van der Waals surface area contributed by atoms with E-state index in [1.807, 2.05) is 12.1 Å². The van der Waals surface area contributed by atoms with E-state index < -0.39 is 0 Å². The summed E-state index contributed by atoms with van der Waals surface area (Å²) in [6.07, 6.45) is 1.73. The number of aryl methyl sites for hydroxylation is 1. The largest absolute Gasteiger partial charge is 0.337 e. The second-order valence-electron chi connectivity index (χ2n) is 5.48. The van der Waals surface area contributed by atoms with E-state index in [0.717, 1.165) is 17.7 Å². The van der Waals surface area contributed by atoms with Gasteiger partial charge in [-0.05, 0) is 24.5 Å². The molecule has 0 saturated heterocycles. The van der Waals surface area contributed by atoms with Gasteiger partial charge in [-0.1, -0.05) is 25.9 Å². The first-order valence-corrected chi connectivity index (χ1v) is 7.96. The van der Waals surface area contributed by atoms with Crippen LogP contribution in [0.4, 0.5) is 0 Å². The van der Waals surface area contributed by atoms with Crippen LogP contribution < -0.4 is 0 Å². The Morgan fingerprint density at radius 1 is 1.43 bits per heavy atom. The van der Waals surface area contributed by atoms with Crippen LogP contribution in [0.5, 0.6) is 0 Å². The molecule has 2 aromatic rings. The Kier molecular flexibility index (Phi) is 5.12. The SMILES string of the molecule is CCc1ccc(C(=O)N(C)Cc2nc(CC(C)C)no2)s1. The second-order valence-corrected chi connectivity index (χ2v) is 6.65. The van der Waals surface area contributed by atoms with E-state index in [1.54, 1.807) is 11.9 Å². The predicted octanol–water partition coefficient (Wildman–Crippen LogP) is 3.16. The first-order valence-electron chi connectivity index (χ1n) is 7.15. The highest BCUT2D eigenvalue weighted by Gasteiger charge is 2.17. The molecule has 2 rings (SSSR count). The van der Waals surface area contributed by atoms with Crippen LogP contribution in [-0.2, 0) is 19.4 Å².